The second-order valence-electron chi connectivity index (χ2n) is 4.85. The van der Waals surface area contributed by atoms with Crippen LogP contribution in [0.3, 0.4) is 0 Å². The van der Waals surface area contributed by atoms with E-state index in [2.05, 4.69) is 13.8 Å². The van der Waals surface area contributed by atoms with Gasteiger partial charge in [-0.25, -0.2) is 0 Å². The van der Waals surface area contributed by atoms with Crippen LogP contribution in [0.5, 0.6) is 0 Å². The maximum Gasteiger partial charge on any atom is 0.311 e. The molecule has 0 bridgehead atoms. The van der Waals surface area contributed by atoms with Crippen molar-refractivity contribution in [1.82, 2.24) is 0 Å². The third kappa shape index (κ3) is 5.25. The van der Waals surface area contributed by atoms with Crippen molar-refractivity contribution < 1.29 is 9.53 Å². The van der Waals surface area contributed by atoms with Gasteiger partial charge in [0, 0.05) is 0 Å². The first kappa shape index (κ1) is 13.5. The molecule has 2 nitrogen and oxygen atoms in total. The second kappa shape index (κ2) is 6.05. The molecule has 0 aromatic rings. The van der Waals surface area contributed by atoms with Gasteiger partial charge in [0.15, 0.2) is 0 Å². The topological polar surface area (TPSA) is 26.3 Å². The summed E-state index contributed by atoms with van der Waals surface area (Å²) in [5.74, 6) is -0.0793. The van der Waals surface area contributed by atoms with Crippen molar-refractivity contribution in [3.05, 3.63) is 0 Å². The summed E-state index contributed by atoms with van der Waals surface area (Å²) in [6.45, 7) is 9.92. The van der Waals surface area contributed by atoms with Crippen molar-refractivity contribution in [1.29, 1.82) is 0 Å². The normalized spacial score (nSPS) is 11.9. The molecule has 0 N–H and O–H groups in total. The van der Waals surface area contributed by atoms with Crippen LogP contribution in [0, 0.1) is 5.41 Å². The number of ether oxygens (including phenoxy) is 1. The van der Waals surface area contributed by atoms with E-state index in [9.17, 15) is 4.79 Å². The Morgan fingerprint density at radius 2 is 1.57 bits per heavy atom. The number of carbonyl (C=O) groups excluding carboxylic acids is 1. The Balaban J connectivity index is 4.08. The lowest BCUT2D eigenvalue weighted by atomic mass is 9.97. The number of esters is 1. The minimum absolute atomic E-state index is 0.0793. The van der Waals surface area contributed by atoms with E-state index < -0.39 is 0 Å². The molecule has 0 aliphatic heterocycles. The Morgan fingerprint density at radius 3 is 1.86 bits per heavy atom. The van der Waals surface area contributed by atoms with Gasteiger partial charge < -0.3 is 4.74 Å². The summed E-state index contributed by atoms with van der Waals surface area (Å²) in [6, 6.07) is 0. The summed E-state index contributed by atoms with van der Waals surface area (Å²) >= 11 is 0. The Labute approximate surface area is 88.0 Å². The molecule has 0 heterocycles. The molecule has 0 amide bonds. The minimum atomic E-state index is -0.375. The van der Waals surface area contributed by atoms with Gasteiger partial charge in [0.1, 0.15) is 6.10 Å². The molecule has 0 aliphatic carbocycles. The molecule has 0 unspecified atom stereocenters. The molecule has 84 valence electrons. The van der Waals surface area contributed by atoms with Gasteiger partial charge >= 0.3 is 5.97 Å². The lowest BCUT2D eigenvalue weighted by Gasteiger charge is -2.22. The van der Waals surface area contributed by atoms with Gasteiger partial charge in [0.25, 0.3) is 0 Å². The maximum atomic E-state index is 11.6. The number of hydrogen-bond acceptors (Lipinski definition) is 2. The van der Waals surface area contributed by atoms with Crippen molar-refractivity contribution >= 4 is 5.97 Å². The van der Waals surface area contributed by atoms with Crippen LogP contribution in [-0.4, -0.2) is 12.1 Å². The lowest BCUT2D eigenvalue weighted by Crippen LogP contribution is -2.28. The van der Waals surface area contributed by atoms with Gasteiger partial charge in [0.2, 0.25) is 0 Å². The fourth-order valence-corrected chi connectivity index (χ4v) is 1.23. The first-order valence-corrected chi connectivity index (χ1v) is 5.62. The first-order valence-electron chi connectivity index (χ1n) is 5.62. The zero-order valence-electron chi connectivity index (χ0n) is 10.2. The van der Waals surface area contributed by atoms with E-state index in [0.717, 1.165) is 25.7 Å². The summed E-state index contributed by atoms with van der Waals surface area (Å²) < 4.78 is 5.46. The van der Waals surface area contributed by atoms with Gasteiger partial charge in [0.05, 0.1) is 5.41 Å². The van der Waals surface area contributed by atoms with E-state index in [0.29, 0.717) is 0 Å². The Hall–Kier alpha value is -0.530. The lowest BCUT2D eigenvalue weighted by molar-refractivity contribution is -0.159. The van der Waals surface area contributed by atoms with Crippen molar-refractivity contribution in [3.63, 3.8) is 0 Å². The molecule has 0 saturated carbocycles. The summed E-state index contributed by atoms with van der Waals surface area (Å²) in [5.41, 5.74) is -0.375. The molecule has 0 radical (unpaired) electrons. The third-order valence-electron chi connectivity index (χ3n) is 2.11. The molecule has 0 aromatic carbocycles. The minimum Gasteiger partial charge on any atom is -0.462 e. The highest BCUT2D eigenvalue weighted by Gasteiger charge is 2.25. The molecule has 0 aliphatic rings. The SMILES string of the molecule is CCCC(CCC)OC(=O)C(C)(C)C. The molecular weight excluding hydrogens is 176 g/mol. The van der Waals surface area contributed by atoms with Crippen molar-refractivity contribution in [3.8, 4) is 0 Å². The number of hydrogen-bond donors (Lipinski definition) is 0. The standard InChI is InChI=1S/C12H24O2/c1-6-8-10(9-7-2)14-11(13)12(3,4)5/h10H,6-9H2,1-5H3. The molecule has 2 heteroatoms. The van der Waals surface area contributed by atoms with E-state index in [4.69, 9.17) is 4.74 Å². The van der Waals surface area contributed by atoms with Crippen LogP contribution in [0.2, 0.25) is 0 Å². The van der Waals surface area contributed by atoms with Crippen LogP contribution in [-0.2, 0) is 9.53 Å². The van der Waals surface area contributed by atoms with Crippen molar-refractivity contribution in [2.24, 2.45) is 5.41 Å². The average molecular weight is 200 g/mol. The van der Waals surface area contributed by atoms with Crippen LogP contribution in [0.15, 0.2) is 0 Å². The predicted octanol–water partition coefficient (Wildman–Crippen LogP) is 3.54. The van der Waals surface area contributed by atoms with E-state index in [1.165, 1.54) is 0 Å². The highest BCUT2D eigenvalue weighted by molar-refractivity contribution is 5.75. The maximum absolute atomic E-state index is 11.6. The average Bonchev–Trinajstić information content (AvgIpc) is 2.03. The van der Waals surface area contributed by atoms with Crippen molar-refractivity contribution in [2.45, 2.75) is 66.4 Å². The summed E-state index contributed by atoms with van der Waals surface area (Å²) in [7, 11) is 0. The van der Waals surface area contributed by atoms with Crippen LogP contribution in [0.4, 0.5) is 0 Å². The van der Waals surface area contributed by atoms with Crippen LogP contribution >= 0.6 is 0 Å². The third-order valence-corrected chi connectivity index (χ3v) is 2.11. The number of rotatable bonds is 5. The van der Waals surface area contributed by atoms with Crippen LogP contribution in [0.25, 0.3) is 0 Å². The monoisotopic (exact) mass is 200 g/mol. The summed E-state index contributed by atoms with van der Waals surface area (Å²) in [4.78, 5) is 11.6. The smallest absolute Gasteiger partial charge is 0.311 e. The van der Waals surface area contributed by atoms with Gasteiger partial charge in [-0.1, -0.05) is 26.7 Å². The predicted molar refractivity (Wildman–Crippen MR) is 59.2 cm³/mol. The molecule has 0 aromatic heterocycles. The van der Waals surface area contributed by atoms with Gasteiger partial charge in [-0.05, 0) is 33.6 Å². The molecule has 0 atom stereocenters. The Bertz CT molecular complexity index is 162. The number of carbonyl (C=O) groups is 1. The van der Waals surface area contributed by atoms with Gasteiger partial charge in [-0.3, -0.25) is 4.79 Å². The first-order chi connectivity index (χ1) is 6.41. The molecule has 0 fully saturated rings. The van der Waals surface area contributed by atoms with E-state index in [1.54, 1.807) is 0 Å². The Kier molecular flexibility index (Phi) is 5.82. The zero-order chi connectivity index (χ0) is 11.2. The van der Waals surface area contributed by atoms with E-state index in [1.807, 2.05) is 20.8 Å². The highest BCUT2D eigenvalue weighted by atomic mass is 16.5. The fourth-order valence-electron chi connectivity index (χ4n) is 1.23. The van der Waals surface area contributed by atoms with Gasteiger partial charge in [-0.15, -0.1) is 0 Å². The largest absolute Gasteiger partial charge is 0.462 e. The van der Waals surface area contributed by atoms with E-state index in [-0.39, 0.29) is 17.5 Å². The molecule has 0 rings (SSSR count). The van der Waals surface area contributed by atoms with Crippen molar-refractivity contribution in [2.75, 3.05) is 0 Å². The fraction of sp³-hybridized carbons (Fsp3) is 0.917. The molecular formula is C12H24O2. The molecule has 0 spiro atoms. The van der Waals surface area contributed by atoms with Gasteiger partial charge in [-0.2, -0.15) is 0 Å². The van der Waals surface area contributed by atoms with Crippen LogP contribution in [0.1, 0.15) is 60.3 Å². The summed E-state index contributed by atoms with van der Waals surface area (Å²) in [5, 5.41) is 0. The Morgan fingerprint density at radius 1 is 1.14 bits per heavy atom. The summed E-state index contributed by atoms with van der Waals surface area (Å²) in [6.07, 6.45) is 4.23. The van der Waals surface area contributed by atoms with Crippen LogP contribution < -0.4 is 0 Å². The quantitative estimate of drug-likeness (QED) is 0.634. The zero-order valence-corrected chi connectivity index (χ0v) is 10.2. The van der Waals surface area contributed by atoms with E-state index >= 15 is 0 Å². The second-order valence-corrected chi connectivity index (χ2v) is 4.85. The molecule has 0 saturated heterocycles. The highest BCUT2D eigenvalue weighted by Crippen LogP contribution is 2.19. The molecule has 14 heavy (non-hydrogen) atoms.